The van der Waals surface area contributed by atoms with E-state index >= 15 is 0 Å². The Kier molecular flexibility index (Phi) is 5.09. The predicted octanol–water partition coefficient (Wildman–Crippen LogP) is 2.68. The van der Waals surface area contributed by atoms with Gasteiger partial charge in [0.25, 0.3) is 5.91 Å². The predicted molar refractivity (Wildman–Crippen MR) is 75.4 cm³/mol. The van der Waals surface area contributed by atoms with Crippen molar-refractivity contribution in [2.24, 2.45) is 0 Å². The van der Waals surface area contributed by atoms with Gasteiger partial charge in [0.15, 0.2) is 30.5 Å². The van der Waals surface area contributed by atoms with Crippen molar-refractivity contribution in [2.75, 3.05) is 18.5 Å². The van der Waals surface area contributed by atoms with E-state index < -0.39 is 25.3 Å². The molecule has 1 aromatic carbocycles. The summed E-state index contributed by atoms with van der Waals surface area (Å²) in [6, 6.07) is 7.43. The lowest BCUT2D eigenvalue weighted by Gasteiger charge is -2.13. The molecule has 0 atom stereocenters. The average molecular weight is 329 g/mol. The number of carbonyl (C=O) groups excluding carboxylic acids is 1. The van der Waals surface area contributed by atoms with Crippen LogP contribution >= 0.6 is 0 Å². The Bertz CT molecular complexity index is 671. The highest BCUT2D eigenvalue weighted by atomic mass is 19.4. The number of nitrogens with one attached hydrogen (secondary N) is 2. The first-order valence-electron chi connectivity index (χ1n) is 6.57. The van der Waals surface area contributed by atoms with Crippen LogP contribution in [-0.4, -0.2) is 35.5 Å². The lowest BCUT2D eigenvalue weighted by Crippen LogP contribution is -2.22. The molecule has 23 heavy (non-hydrogen) atoms. The maximum Gasteiger partial charge on any atom is 0.422 e. The van der Waals surface area contributed by atoms with Gasteiger partial charge in [0.1, 0.15) is 0 Å². The number of rotatable bonds is 6. The Labute approximate surface area is 129 Å². The minimum atomic E-state index is -4.46. The highest BCUT2D eigenvalue weighted by Crippen LogP contribution is 2.28. The van der Waals surface area contributed by atoms with Gasteiger partial charge in [-0.05, 0) is 19.1 Å². The smallest absolute Gasteiger partial charge is 0.422 e. The van der Waals surface area contributed by atoms with E-state index in [4.69, 9.17) is 4.74 Å². The van der Waals surface area contributed by atoms with Crippen LogP contribution in [0.15, 0.2) is 30.3 Å². The number of H-pyrrole nitrogens is 1. The number of nitrogens with zero attached hydrogens (tertiary/aromatic N) is 1. The zero-order valence-electron chi connectivity index (χ0n) is 12.1. The van der Waals surface area contributed by atoms with Gasteiger partial charge >= 0.3 is 6.18 Å². The lowest BCUT2D eigenvalue weighted by atomic mass is 10.3. The van der Waals surface area contributed by atoms with Crippen LogP contribution in [0.5, 0.6) is 11.5 Å². The monoisotopic (exact) mass is 329 g/mol. The van der Waals surface area contributed by atoms with Gasteiger partial charge in [0, 0.05) is 11.8 Å². The number of benzene rings is 1. The van der Waals surface area contributed by atoms with E-state index in [2.05, 4.69) is 20.3 Å². The number of para-hydroxylation sites is 2. The molecule has 124 valence electrons. The molecule has 0 spiro atoms. The van der Waals surface area contributed by atoms with Crippen molar-refractivity contribution in [3.8, 4) is 11.5 Å². The highest BCUT2D eigenvalue weighted by molar-refractivity contribution is 5.91. The second-order valence-corrected chi connectivity index (χ2v) is 4.62. The van der Waals surface area contributed by atoms with Gasteiger partial charge in [-0.2, -0.15) is 18.3 Å². The second-order valence-electron chi connectivity index (χ2n) is 4.62. The lowest BCUT2D eigenvalue weighted by molar-refractivity contribution is -0.153. The van der Waals surface area contributed by atoms with Crippen LogP contribution in [0.25, 0.3) is 0 Å². The van der Waals surface area contributed by atoms with Gasteiger partial charge in [-0.15, -0.1) is 0 Å². The molecule has 6 nitrogen and oxygen atoms in total. The fourth-order valence-electron chi connectivity index (χ4n) is 1.65. The standard InChI is InChI=1S/C14H14F3N3O3/c1-9-6-12(20-19-9)18-13(21)7-22-10-4-2-3-5-11(10)23-8-14(15,16)17/h2-6H,7-8H2,1H3,(H2,18,19,20,21). The van der Waals surface area contributed by atoms with Gasteiger partial charge < -0.3 is 14.8 Å². The Morgan fingerprint density at radius 3 is 2.48 bits per heavy atom. The van der Waals surface area contributed by atoms with E-state index in [9.17, 15) is 18.0 Å². The molecule has 0 saturated heterocycles. The number of alkyl halides is 3. The Balaban J connectivity index is 1.91. The Morgan fingerprint density at radius 2 is 1.91 bits per heavy atom. The normalized spacial score (nSPS) is 11.1. The number of carbonyl (C=O) groups is 1. The van der Waals surface area contributed by atoms with E-state index in [1.807, 2.05) is 0 Å². The third-order valence-corrected chi connectivity index (χ3v) is 2.57. The molecule has 1 amide bonds. The number of hydrogen-bond acceptors (Lipinski definition) is 4. The summed E-state index contributed by atoms with van der Waals surface area (Å²) in [5, 5.41) is 8.96. The fourth-order valence-corrected chi connectivity index (χ4v) is 1.65. The zero-order chi connectivity index (χ0) is 16.9. The summed E-state index contributed by atoms with van der Waals surface area (Å²) in [6.45, 7) is -0.0577. The SMILES string of the molecule is Cc1cc(NC(=O)COc2ccccc2OCC(F)(F)F)n[nH]1. The van der Waals surface area contributed by atoms with E-state index in [-0.39, 0.29) is 11.5 Å². The van der Waals surface area contributed by atoms with Gasteiger partial charge in [-0.3, -0.25) is 9.89 Å². The molecular weight excluding hydrogens is 315 g/mol. The van der Waals surface area contributed by atoms with Crippen molar-refractivity contribution in [1.29, 1.82) is 0 Å². The minimum absolute atomic E-state index is 0.0464. The molecule has 0 saturated carbocycles. The van der Waals surface area contributed by atoms with Crippen molar-refractivity contribution in [2.45, 2.75) is 13.1 Å². The van der Waals surface area contributed by atoms with Crippen molar-refractivity contribution in [3.05, 3.63) is 36.0 Å². The van der Waals surface area contributed by atoms with Crippen LogP contribution in [0.3, 0.4) is 0 Å². The molecule has 0 aliphatic carbocycles. The molecule has 0 radical (unpaired) electrons. The number of ether oxygens (including phenoxy) is 2. The van der Waals surface area contributed by atoms with E-state index in [0.29, 0.717) is 5.82 Å². The zero-order valence-corrected chi connectivity index (χ0v) is 12.1. The number of halogens is 3. The van der Waals surface area contributed by atoms with Crippen LogP contribution in [0, 0.1) is 6.92 Å². The molecule has 0 aliphatic rings. The molecule has 0 aliphatic heterocycles. The third kappa shape index (κ3) is 5.53. The van der Waals surface area contributed by atoms with Gasteiger partial charge in [-0.1, -0.05) is 12.1 Å². The first-order chi connectivity index (χ1) is 10.8. The van der Waals surface area contributed by atoms with Crippen molar-refractivity contribution < 1.29 is 27.4 Å². The van der Waals surface area contributed by atoms with Crippen molar-refractivity contribution in [1.82, 2.24) is 10.2 Å². The molecule has 2 N–H and O–H groups in total. The molecule has 2 aromatic rings. The largest absolute Gasteiger partial charge is 0.480 e. The molecule has 0 fully saturated rings. The minimum Gasteiger partial charge on any atom is -0.480 e. The van der Waals surface area contributed by atoms with Crippen LogP contribution < -0.4 is 14.8 Å². The first kappa shape index (κ1) is 16.7. The molecular formula is C14H14F3N3O3. The summed E-state index contributed by atoms with van der Waals surface area (Å²) < 4.78 is 46.4. The van der Waals surface area contributed by atoms with E-state index in [0.717, 1.165) is 5.69 Å². The molecule has 0 unspecified atom stereocenters. The third-order valence-electron chi connectivity index (χ3n) is 2.57. The summed E-state index contributed by atoms with van der Waals surface area (Å²) in [4.78, 5) is 11.7. The summed E-state index contributed by atoms with van der Waals surface area (Å²) in [5.41, 5.74) is 0.770. The number of aromatic nitrogens is 2. The summed E-state index contributed by atoms with van der Waals surface area (Å²) in [6.07, 6.45) is -4.46. The maximum absolute atomic E-state index is 12.2. The van der Waals surface area contributed by atoms with E-state index in [1.54, 1.807) is 19.1 Å². The molecule has 1 aromatic heterocycles. The highest BCUT2D eigenvalue weighted by Gasteiger charge is 2.29. The molecule has 9 heteroatoms. The van der Waals surface area contributed by atoms with Crippen LogP contribution in [0.1, 0.15) is 5.69 Å². The number of aryl methyl sites for hydroxylation is 1. The average Bonchev–Trinajstić information content (AvgIpc) is 2.88. The Morgan fingerprint density at radius 1 is 1.26 bits per heavy atom. The van der Waals surface area contributed by atoms with E-state index in [1.165, 1.54) is 18.2 Å². The number of amides is 1. The number of hydrogen-bond donors (Lipinski definition) is 2. The van der Waals surface area contributed by atoms with Crippen LogP contribution in [0.4, 0.5) is 19.0 Å². The molecule has 0 bridgehead atoms. The first-order valence-corrected chi connectivity index (χ1v) is 6.57. The van der Waals surface area contributed by atoms with Crippen LogP contribution in [0.2, 0.25) is 0 Å². The topological polar surface area (TPSA) is 76.2 Å². The summed E-state index contributed by atoms with van der Waals surface area (Å²) >= 11 is 0. The number of anilines is 1. The quantitative estimate of drug-likeness (QED) is 0.854. The molecule has 2 rings (SSSR count). The second kappa shape index (κ2) is 7.03. The maximum atomic E-state index is 12.2. The van der Waals surface area contributed by atoms with Crippen LogP contribution in [-0.2, 0) is 4.79 Å². The fraction of sp³-hybridized carbons (Fsp3) is 0.286. The summed E-state index contributed by atoms with van der Waals surface area (Å²) in [5.74, 6) is -0.210. The summed E-state index contributed by atoms with van der Waals surface area (Å²) in [7, 11) is 0. The van der Waals surface area contributed by atoms with Gasteiger partial charge in [0.2, 0.25) is 0 Å². The van der Waals surface area contributed by atoms with Gasteiger partial charge in [0.05, 0.1) is 0 Å². The van der Waals surface area contributed by atoms with Crippen molar-refractivity contribution >= 4 is 11.7 Å². The van der Waals surface area contributed by atoms with Gasteiger partial charge in [-0.25, -0.2) is 0 Å². The molecule has 1 heterocycles. The number of aromatic amines is 1. The van der Waals surface area contributed by atoms with Crippen molar-refractivity contribution in [3.63, 3.8) is 0 Å². The Hall–Kier alpha value is -2.71.